The summed E-state index contributed by atoms with van der Waals surface area (Å²) in [5.74, 6) is 0.674. The topological polar surface area (TPSA) is 88.5 Å². The zero-order chi connectivity index (χ0) is 35.0. The number of aliphatic hydroxyl groups excluding tert-OH is 1. The highest BCUT2D eigenvalue weighted by Crippen LogP contribution is 2.63. The van der Waals surface area contributed by atoms with E-state index in [0.29, 0.717) is 18.7 Å². The maximum atomic E-state index is 15.2. The number of allylic oxidation sites excluding steroid dienone is 1. The molecule has 258 valence electrons. The number of methoxy groups -OCH3 is 2. The molecule has 0 aliphatic carbocycles. The van der Waals surface area contributed by atoms with Crippen LogP contribution in [-0.4, -0.2) is 60.3 Å². The predicted octanol–water partition coefficient (Wildman–Crippen LogP) is 6.41. The summed E-state index contributed by atoms with van der Waals surface area (Å²) in [5.41, 5.74) is 4.58. The molecule has 8 nitrogen and oxygen atoms in total. The Morgan fingerprint density at radius 3 is 2.35 bits per heavy atom. The fourth-order valence-corrected chi connectivity index (χ4v) is 9.51. The Morgan fingerprint density at radius 1 is 1.02 bits per heavy atom. The smallest absolute Gasteiger partial charge is 0.265 e. The molecule has 3 aromatic carbocycles. The van der Waals surface area contributed by atoms with Crippen molar-refractivity contribution in [3.63, 3.8) is 0 Å². The van der Waals surface area contributed by atoms with E-state index in [9.17, 15) is 9.90 Å². The first-order valence-electron chi connectivity index (χ1n) is 17.3. The van der Waals surface area contributed by atoms with Crippen molar-refractivity contribution in [2.45, 2.75) is 89.6 Å². The Bertz CT molecular complexity index is 1840. The van der Waals surface area contributed by atoms with Crippen LogP contribution in [0.4, 0.5) is 5.69 Å². The SMILES string of the molecule is COc1ccc(C(C)(C)[C@@H]2[C@@H](CC(=O)N3Cc4ccccc4C[C@H]3CO)O[C@]3(C(=O)N4c5c(cc(OC)cc53)C(C)=CC4(C)C)[C@H]2C)cc1. The molecule has 1 fully saturated rings. The van der Waals surface area contributed by atoms with Gasteiger partial charge in [-0.2, -0.15) is 0 Å². The third-order valence-corrected chi connectivity index (χ3v) is 11.9. The quantitative estimate of drug-likeness (QED) is 0.314. The van der Waals surface area contributed by atoms with Gasteiger partial charge in [-0.25, -0.2) is 0 Å². The Kier molecular flexibility index (Phi) is 7.99. The predicted molar refractivity (Wildman–Crippen MR) is 190 cm³/mol. The molecule has 0 saturated carbocycles. The maximum Gasteiger partial charge on any atom is 0.265 e. The molecule has 1 spiro atoms. The van der Waals surface area contributed by atoms with Gasteiger partial charge in [0.1, 0.15) is 11.5 Å². The van der Waals surface area contributed by atoms with E-state index in [1.807, 2.05) is 41.3 Å². The van der Waals surface area contributed by atoms with Crippen LogP contribution in [0.3, 0.4) is 0 Å². The van der Waals surface area contributed by atoms with Crippen LogP contribution in [0.2, 0.25) is 0 Å². The van der Waals surface area contributed by atoms with Crippen LogP contribution in [0.5, 0.6) is 11.5 Å². The summed E-state index contributed by atoms with van der Waals surface area (Å²) in [4.78, 5) is 33.4. The summed E-state index contributed by atoms with van der Waals surface area (Å²) >= 11 is 0. The van der Waals surface area contributed by atoms with Gasteiger partial charge in [-0.1, -0.05) is 63.2 Å². The van der Waals surface area contributed by atoms with E-state index < -0.39 is 22.7 Å². The van der Waals surface area contributed by atoms with Gasteiger partial charge in [0.25, 0.3) is 5.91 Å². The van der Waals surface area contributed by atoms with Crippen molar-refractivity contribution in [1.29, 1.82) is 0 Å². The van der Waals surface area contributed by atoms with Crippen molar-refractivity contribution in [3.05, 3.63) is 94.6 Å². The standard InChI is InChI=1S/C41H48N2O6/c1-24-21-39(3,4)43-37-32(24)18-31(48-8)19-33(37)41(38(43)46)25(2)36(40(5,6)28-13-15-30(47-7)16-14-28)34(49-41)20-35(45)42-22-27-12-10-9-11-26(27)17-29(42)23-44/h9-16,18-19,21,25,29,34,36,44H,17,20,22-23H2,1-8H3/t25-,29-,34+,36-,41+/m0/s1. The fraction of sp³-hybridized carbons (Fsp3) is 0.463. The van der Waals surface area contributed by atoms with E-state index in [2.05, 4.69) is 71.9 Å². The van der Waals surface area contributed by atoms with Gasteiger partial charge in [0, 0.05) is 29.5 Å². The minimum absolute atomic E-state index is 0.0785. The molecule has 1 N–H and O–H groups in total. The van der Waals surface area contributed by atoms with Gasteiger partial charge < -0.3 is 24.2 Å². The first kappa shape index (κ1) is 33.4. The number of nitrogens with zero attached hydrogens (tertiary/aromatic N) is 2. The Labute approximate surface area is 289 Å². The number of carbonyl (C=O) groups excluding carboxylic acids is 2. The molecule has 4 aliphatic rings. The normalized spacial score (nSPS) is 26.8. The van der Waals surface area contributed by atoms with Crippen LogP contribution >= 0.6 is 0 Å². The van der Waals surface area contributed by atoms with Gasteiger partial charge in [0.15, 0.2) is 5.60 Å². The molecule has 5 atom stereocenters. The Hall–Kier alpha value is -4.14. The van der Waals surface area contributed by atoms with E-state index in [0.717, 1.165) is 44.8 Å². The lowest BCUT2D eigenvalue weighted by atomic mass is 9.63. The zero-order valence-electron chi connectivity index (χ0n) is 29.9. The van der Waals surface area contributed by atoms with Crippen LogP contribution in [-0.2, 0) is 38.3 Å². The van der Waals surface area contributed by atoms with Crippen LogP contribution in [0.15, 0.2) is 66.7 Å². The molecule has 3 aromatic rings. The third kappa shape index (κ3) is 4.93. The largest absolute Gasteiger partial charge is 0.497 e. The molecule has 8 heteroatoms. The molecular weight excluding hydrogens is 616 g/mol. The van der Waals surface area contributed by atoms with Crippen molar-refractivity contribution in [3.8, 4) is 11.5 Å². The first-order valence-corrected chi connectivity index (χ1v) is 17.3. The summed E-state index contributed by atoms with van der Waals surface area (Å²) in [6, 6.07) is 19.8. The molecule has 0 bridgehead atoms. The van der Waals surface area contributed by atoms with Gasteiger partial charge in [-0.3, -0.25) is 14.5 Å². The minimum atomic E-state index is -1.33. The minimum Gasteiger partial charge on any atom is -0.497 e. The highest BCUT2D eigenvalue weighted by atomic mass is 16.5. The number of hydrogen-bond donors (Lipinski definition) is 1. The number of ether oxygens (including phenoxy) is 3. The van der Waals surface area contributed by atoms with Crippen molar-refractivity contribution < 1.29 is 28.9 Å². The second-order valence-electron chi connectivity index (χ2n) is 15.4. The van der Waals surface area contributed by atoms with Gasteiger partial charge in [0.05, 0.1) is 50.6 Å². The van der Waals surface area contributed by atoms with Gasteiger partial charge in [-0.15, -0.1) is 0 Å². The van der Waals surface area contributed by atoms with E-state index in [-0.39, 0.29) is 42.7 Å². The highest BCUT2D eigenvalue weighted by Gasteiger charge is 2.68. The second-order valence-corrected chi connectivity index (χ2v) is 15.4. The van der Waals surface area contributed by atoms with Crippen molar-refractivity contribution >= 4 is 23.1 Å². The summed E-state index contributed by atoms with van der Waals surface area (Å²) in [6.07, 6.45) is 2.21. The van der Waals surface area contributed by atoms with Crippen LogP contribution < -0.4 is 14.4 Å². The average molecular weight is 665 g/mol. The fourth-order valence-electron chi connectivity index (χ4n) is 9.51. The maximum absolute atomic E-state index is 15.2. The van der Waals surface area contributed by atoms with Gasteiger partial charge >= 0.3 is 0 Å². The molecule has 0 unspecified atom stereocenters. The number of aliphatic hydroxyl groups is 1. The zero-order valence-corrected chi connectivity index (χ0v) is 29.9. The lowest BCUT2D eigenvalue weighted by Crippen LogP contribution is -2.53. The number of amides is 2. The molecule has 2 amide bonds. The number of carbonyl (C=O) groups is 2. The number of anilines is 1. The molecule has 0 radical (unpaired) electrons. The van der Waals surface area contributed by atoms with E-state index in [4.69, 9.17) is 14.2 Å². The second kappa shape index (κ2) is 11.7. The van der Waals surface area contributed by atoms with E-state index in [1.54, 1.807) is 19.1 Å². The number of hydrogen-bond acceptors (Lipinski definition) is 6. The summed E-state index contributed by atoms with van der Waals surface area (Å²) in [7, 11) is 3.30. The average Bonchev–Trinajstić information content (AvgIpc) is 3.53. The van der Waals surface area contributed by atoms with Crippen molar-refractivity contribution in [1.82, 2.24) is 4.90 Å². The first-order chi connectivity index (χ1) is 23.3. The Morgan fingerprint density at radius 2 is 1.69 bits per heavy atom. The van der Waals surface area contributed by atoms with E-state index >= 15 is 4.79 Å². The number of rotatable bonds is 7. The summed E-state index contributed by atoms with van der Waals surface area (Å²) in [5, 5.41) is 10.4. The molecule has 4 heterocycles. The van der Waals surface area contributed by atoms with Gasteiger partial charge in [0.2, 0.25) is 5.91 Å². The lowest BCUT2D eigenvalue weighted by Gasteiger charge is -2.40. The van der Waals surface area contributed by atoms with Crippen molar-refractivity contribution in [2.24, 2.45) is 11.8 Å². The van der Waals surface area contributed by atoms with Crippen LogP contribution in [0.1, 0.15) is 75.8 Å². The number of fused-ring (bicyclic) bond motifs is 2. The summed E-state index contributed by atoms with van der Waals surface area (Å²) < 4.78 is 18.6. The molecule has 4 aliphatic heterocycles. The molecule has 7 rings (SSSR count). The number of benzene rings is 3. The Balaban J connectivity index is 1.35. The summed E-state index contributed by atoms with van der Waals surface area (Å²) in [6.45, 7) is 13.0. The highest BCUT2D eigenvalue weighted by molar-refractivity contribution is 6.12. The van der Waals surface area contributed by atoms with Crippen LogP contribution in [0.25, 0.3) is 5.57 Å². The van der Waals surface area contributed by atoms with E-state index in [1.165, 1.54) is 0 Å². The monoisotopic (exact) mass is 664 g/mol. The molecular formula is C41H48N2O6. The molecule has 1 saturated heterocycles. The third-order valence-electron chi connectivity index (χ3n) is 11.9. The van der Waals surface area contributed by atoms with Gasteiger partial charge in [-0.05, 0) is 79.1 Å². The van der Waals surface area contributed by atoms with Crippen molar-refractivity contribution in [2.75, 3.05) is 25.7 Å². The lowest BCUT2D eigenvalue weighted by molar-refractivity contribution is -0.151. The molecule has 0 aromatic heterocycles. The molecule has 49 heavy (non-hydrogen) atoms. The van der Waals surface area contributed by atoms with Crippen LogP contribution in [0, 0.1) is 11.8 Å².